The quantitative estimate of drug-likeness (QED) is 0.796. The number of nitrogens with zero attached hydrogens (tertiary/aromatic N) is 1. The van der Waals surface area contributed by atoms with Crippen molar-refractivity contribution in [2.24, 2.45) is 5.92 Å². The van der Waals surface area contributed by atoms with Crippen molar-refractivity contribution < 1.29 is 14.3 Å². The topological polar surface area (TPSA) is 59.3 Å². The predicted molar refractivity (Wildman–Crippen MR) is 75.4 cm³/mol. The minimum absolute atomic E-state index is 0.0772. The first-order valence-electron chi connectivity index (χ1n) is 6.67. The molecule has 20 heavy (non-hydrogen) atoms. The van der Waals surface area contributed by atoms with E-state index in [0.29, 0.717) is 41.7 Å². The van der Waals surface area contributed by atoms with Crippen molar-refractivity contribution in [2.45, 2.75) is 26.2 Å². The minimum atomic E-state index is -0.305. The molecule has 0 saturated heterocycles. The third-order valence-electron chi connectivity index (χ3n) is 3.29. The third-order valence-corrected chi connectivity index (χ3v) is 3.57. The highest BCUT2D eigenvalue weighted by Gasteiger charge is 2.22. The van der Waals surface area contributed by atoms with Crippen LogP contribution in [0.3, 0.4) is 0 Å². The van der Waals surface area contributed by atoms with E-state index in [4.69, 9.17) is 26.3 Å². The van der Waals surface area contributed by atoms with Crippen molar-refractivity contribution in [1.82, 2.24) is 0 Å². The fraction of sp³-hybridized carbons (Fsp3) is 0.467. The lowest BCUT2D eigenvalue weighted by Crippen LogP contribution is -2.13. The van der Waals surface area contributed by atoms with Crippen LogP contribution in [0.5, 0.6) is 11.5 Å². The molecule has 0 N–H and O–H groups in total. The van der Waals surface area contributed by atoms with Crippen LogP contribution in [0.15, 0.2) is 12.1 Å². The average Bonchev–Trinajstić information content (AvgIpc) is 2.69. The molecule has 0 aromatic heterocycles. The molecule has 1 heterocycles. The SMILES string of the molecule is CCC(CC#N)C(=O)c1cc(Cl)c2c(c1)OCCCO2. The number of Topliss-reactive ketones (excluding diaryl/α,β-unsaturated/α-hetero) is 1. The van der Waals surface area contributed by atoms with E-state index in [1.165, 1.54) is 0 Å². The van der Waals surface area contributed by atoms with Gasteiger partial charge in [0, 0.05) is 24.3 Å². The summed E-state index contributed by atoms with van der Waals surface area (Å²) in [5, 5.41) is 9.15. The molecule has 0 fully saturated rings. The number of nitriles is 1. The van der Waals surface area contributed by atoms with Gasteiger partial charge in [0.05, 0.1) is 24.3 Å². The van der Waals surface area contributed by atoms with E-state index in [1.54, 1.807) is 12.1 Å². The molecule has 106 valence electrons. The van der Waals surface area contributed by atoms with Gasteiger partial charge < -0.3 is 9.47 Å². The molecule has 0 radical (unpaired) electrons. The zero-order chi connectivity index (χ0) is 14.5. The summed E-state index contributed by atoms with van der Waals surface area (Å²) in [5.74, 6) is 0.617. The zero-order valence-corrected chi connectivity index (χ0v) is 12.1. The average molecular weight is 294 g/mol. The molecule has 0 spiro atoms. The molecule has 0 aliphatic carbocycles. The Kier molecular flexibility index (Phi) is 4.86. The van der Waals surface area contributed by atoms with E-state index in [-0.39, 0.29) is 18.1 Å². The van der Waals surface area contributed by atoms with E-state index >= 15 is 0 Å². The lowest BCUT2D eigenvalue weighted by molar-refractivity contribution is 0.0918. The van der Waals surface area contributed by atoms with Crippen molar-refractivity contribution >= 4 is 17.4 Å². The Hall–Kier alpha value is -1.73. The first-order valence-corrected chi connectivity index (χ1v) is 7.05. The van der Waals surface area contributed by atoms with Crippen molar-refractivity contribution in [1.29, 1.82) is 5.26 Å². The predicted octanol–water partition coefficient (Wildman–Crippen LogP) is 3.62. The molecule has 0 bridgehead atoms. The number of carbonyl (C=O) groups excluding carboxylic acids is 1. The monoisotopic (exact) mass is 293 g/mol. The number of hydrogen-bond acceptors (Lipinski definition) is 4. The number of halogens is 1. The number of ether oxygens (including phenoxy) is 2. The lowest BCUT2D eigenvalue weighted by atomic mass is 9.92. The van der Waals surface area contributed by atoms with E-state index in [9.17, 15) is 4.79 Å². The van der Waals surface area contributed by atoms with Crippen LogP contribution >= 0.6 is 11.6 Å². The highest BCUT2D eigenvalue weighted by atomic mass is 35.5. The first-order chi connectivity index (χ1) is 9.67. The van der Waals surface area contributed by atoms with Gasteiger partial charge in [0.15, 0.2) is 17.3 Å². The Morgan fingerprint density at radius 1 is 1.45 bits per heavy atom. The molecule has 1 aromatic carbocycles. The summed E-state index contributed by atoms with van der Waals surface area (Å²) in [5.41, 5.74) is 0.473. The number of benzene rings is 1. The summed E-state index contributed by atoms with van der Waals surface area (Å²) in [6, 6.07) is 5.30. The maximum Gasteiger partial charge on any atom is 0.179 e. The molecule has 1 aliphatic rings. The number of carbonyl (C=O) groups is 1. The Morgan fingerprint density at radius 3 is 2.90 bits per heavy atom. The summed E-state index contributed by atoms with van der Waals surface area (Å²) in [4.78, 5) is 12.4. The van der Waals surface area contributed by atoms with Crippen LogP contribution < -0.4 is 9.47 Å². The largest absolute Gasteiger partial charge is 0.489 e. The Bertz CT molecular complexity index is 551. The van der Waals surface area contributed by atoms with Crippen LogP contribution in [0.1, 0.15) is 36.5 Å². The summed E-state index contributed by atoms with van der Waals surface area (Å²) in [6.07, 6.45) is 1.61. The van der Waals surface area contributed by atoms with Crippen LogP contribution in [0.25, 0.3) is 0 Å². The van der Waals surface area contributed by atoms with E-state index < -0.39 is 0 Å². The van der Waals surface area contributed by atoms with Gasteiger partial charge in [0.2, 0.25) is 0 Å². The van der Waals surface area contributed by atoms with Crippen LogP contribution in [0.4, 0.5) is 0 Å². The van der Waals surface area contributed by atoms with E-state index in [2.05, 4.69) is 0 Å². The number of hydrogen-bond donors (Lipinski definition) is 0. The third kappa shape index (κ3) is 3.05. The summed E-state index contributed by atoms with van der Waals surface area (Å²) < 4.78 is 11.1. The molecule has 0 amide bonds. The summed E-state index contributed by atoms with van der Waals surface area (Å²) >= 11 is 6.17. The van der Waals surface area contributed by atoms with Gasteiger partial charge >= 0.3 is 0 Å². The Morgan fingerprint density at radius 2 is 2.20 bits per heavy atom. The molecule has 1 aromatic rings. The number of rotatable bonds is 4. The second-order valence-corrected chi connectivity index (χ2v) is 5.07. The fourth-order valence-corrected chi connectivity index (χ4v) is 2.41. The second-order valence-electron chi connectivity index (χ2n) is 4.67. The maximum atomic E-state index is 12.4. The number of fused-ring (bicyclic) bond motifs is 1. The maximum absolute atomic E-state index is 12.4. The molecule has 5 heteroatoms. The minimum Gasteiger partial charge on any atom is -0.489 e. The first kappa shape index (κ1) is 14.7. The molecule has 1 aliphatic heterocycles. The standard InChI is InChI=1S/C15H16ClNO3/c1-2-10(4-5-17)14(18)11-8-12(16)15-13(9-11)19-6-3-7-20-15/h8-10H,2-4,6-7H2,1H3. The Labute approximate surface area is 123 Å². The summed E-state index contributed by atoms with van der Waals surface area (Å²) in [6.45, 7) is 2.98. The van der Waals surface area contributed by atoms with Gasteiger partial charge in [-0.05, 0) is 18.6 Å². The molecular formula is C15H16ClNO3. The van der Waals surface area contributed by atoms with Gasteiger partial charge in [0.25, 0.3) is 0 Å². The van der Waals surface area contributed by atoms with Gasteiger partial charge in [-0.15, -0.1) is 0 Å². The lowest BCUT2D eigenvalue weighted by Gasteiger charge is -2.14. The van der Waals surface area contributed by atoms with Gasteiger partial charge in [-0.2, -0.15) is 5.26 Å². The van der Waals surface area contributed by atoms with Crippen LogP contribution in [-0.2, 0) is 0 Å². The van der Waals surface area contributed by atoms with E-state index in [0.717, 1.165) is 6.42 Å². The smallest absolute Gasteiger partial charge is 0.179 e. The molecule has 0 saturated carbocycles. The van der Waals surface area contributed by atoms with Crippen molar-refractivity contribution in [3.63, 3.8) is 0 Å². The molecule has 4 nitrogen and oxygen atoms in total. The zero-order valence-electron chi connectivity index (χ0n) is 11.3. The molecule has 2 rings (SSSR count). The van der Waals surface area contributed by atoms with Gasteiger partial charge in [-0.25, -0.2) is 0 Å². The second kappa shape index (κ2) is 6.62. The van der Waals surface area contributed by atoms with Gasteiger partial charge in [-0.1, -0.05) is 18.5 Å². The van der Waals surface area contributed by atoms with Crippen LogP contribution in [0.2, 0.25) is 5.02 Å². The number of ketones is 1. The molecular weight excluding hydrogens is 278 g/mol. The highest BCUT2D eigenvalue weighted by Crippen LogP contribution is 2.38. The normalized spacial score (nSPS) is 15.1. The van der Waals surface area contributed by atoms with Crippen molar-refractivity contribution in [2.75, 3.05) is 13.2 Å². The van der Waals surface area contributed by atoms with Crippen molar-refractivity contribution in [3.05, 3.63) is 22.7 Å². The van der Waals surface area contributed by atoms with Gasteiger partial charge in [0.1, 0.15) is 0 Å². The Balaban J connectivity index is 2.34. The van der Waals surface area contributed by atoms with Gasteiger partial charge in [-0.3, -0.25) is 4.79 Å². The van der Waals surface area contributed by atoms with Crippen LogP contribution in [-0.4, -0.2) is 19.0 Å². The highest BCUT2D eigenvalue weighted by molar-refractivity contribution is 6.32. The van der Waals surface area contributed by atoms with E-state index in [1.807, 2.05) is 13.0 Å². The van der Waals surface area contributed by atoms with Crippen LogP contribution in [0, 0.1) is 17.2 Å². The molecule has 1 atom stereocenters. The molecule has 1 unspecified atom stereocenters. The van der Waals surface area contributed by atoms with Crippen molar-refractivity contribution in [3.8, 4) is 17.6 Å². The summed E-state index contributed by atoms with van der Waals surface area (Å²) in [7, 11) is 0. The fourth-order valence-electron chi connectivity index (χ4n) is 2.14.